The van der Waals surface area contributed by atoms with E-state index in [0.29, 0.717) is 16.7 Å². The van der Waals surface area contributed by atoms with E-state index in [2.05, 4.69) is 37.0 Å². The number of halogens is 2. The second kappa shape index (κ2) is 5.13. The second-order valence-corrected chi connectivity index (χ2v) is 6.01. The van der Waals surface area contributed by atoms with Gasteiger partial charge in [0.05, 0.1) is 32.6 Å². The van der Waals surface area contributed by atoms with E-state index in [1.807, 2.05) is 20.9 Å². The van der Waals surface area contributed by atoms with Crippen molar-refractivity contribution in [2.24, 2.45) is 7.05 Å². The summed E-state index contributed by atoms with van der Waals surface area (Å²) in [6.45, 7) is 4.14. The van der Waals surface area contributed by atoms with Gasteiger partial charge >= 0.3 is 0 Å². The summed E-state index contributed by atoms with van der Waals surface area (Å²) in [7, 11) is 1.85. The highest BCUT2D eigenvalue weighted by Crippen LogP contribution is 2.22. The molecule has 0 bridgehead atoms. The average molecular weight is 390 g/mol. The van der Waals surface area contributed by atoms with E-state index in [-0.39, 0.29) is 5.56 Å². The van der Waals surface area contributed by atoms with Gasteiger partial charge in [0, 0.05) is 13.2 Å². The number of aromatic nitrogens is 3. The molecule has 2 heterocycles. The molecule has 2 aromatic rings. The van der Waals surface area contributed by atoms with Crippen LogP contribution in [0.4, 0.5) is 5.69 Å². The summed E-state index contributed by atoms with van der Waals surface area (Å²) in [6, 6.07) is 0. The average Bonchev–Trinajstić information content (AvgIpc) is 2.60. The van der Waals surface area contributed by atoms with Crippen molar-refractivity contribution in [3.8, 4) is 0 Å². The van der Waals surface area contributed by atoms with E-state index in [1.165, 1.54) is 0 Å². The minimum absolute atomic E-state index is 0.0996. The summed E-state index contributed by atoms with van der Waals surface area (Å²) in [4.78, 5) is 12.2. The number of anilines is 1. The Labute approximate surface area is 127 Å². The molecule has 0 aliphatic carbocycles. The van der Waals surface area contributed by atoms with Crippen LogP contribution in [-0.2, 0) is 13.6 Å². The zero-order valence-electron chi connectivity index (χ0n) is 10.9. The highest BCUT2D eigenvalue weighted by molar-refractivity contribution is 9.10. The molecule has 0 aliphatic rings. The first kappa shape index (κ1) is 14.3. The van der Waals surface area contributed by atoms with Crippen LogP contribution in [0.25, 0.3) is 0 Å². The van der Waals surface area contributed by atoms with Crippen LogP contribution in [0.5, 0.6) is 0 Å². The Morgan fingerprint density at radius 3 is 2.47 bits per heavy atom. The van der Waals surface area contributed by atoms with Crippen molar-refractivity contribution in [2.45, 2.75) is 20.4 Å². The third-order valence-corrected chi connectivity index (χ3v) is 5.05. The molecular formula is C12H14Br2N4O. The Morgan fingerprint density at radius 1 is 1.32 bits per heavy atom. The maximum Gasteiger partial charge on any atom is 0.265 e. The SMILES string of the molecule is Cc1nn(C)c(Cn2cc(N)c(C)c(Br)c2=O)c1Br. The lowest BCUT2D eigenvalue weighted by Gasteiger charge is -2.11. The fraction of sp³-hybridized carbons (Fsp3) is 0.333. The van der Waals surface area contributed by atoms with Crippen LogP contribution in [0, 0.1) is 13.8 Å². The molecule has 0 unspecified atom stereocenters. The van der Waals surface area contributed by atoms with Gasteiger partial charge in [-0.05, 0) is 51.3 Å². The van der Waals surface area contributed by atoms with Crippen LogP contribution in [0.2, 0.25) is 0 Å². The molecule has 2 N–H and O–H groups in total. The molecule has 0 saturated heterocycles. The van der Waals surface area contributed by atoms with E-state index in [0.717, 1.165) is 21.4 Å². The summed E-state index contributed by atoms with van der Waals surface area (Å²) in [6.07, 6.45) is 1.66. The molecule has 0 spiro atoms. The number of rotatable bonds is 2. The maximum atomic E-state index is 12.2. The Hall–Kier alpha value is -1.08. The lowest BCUT2D eigenvalue weighted by molar-refractivity contribution is 0.648. The van der Waals surface area contributed by atoms with E-state index < -0.39 is 0 Å². The van der Waals surface area contributed by atoms with Crippen LogP contribution in [0.3, 0.4) is 0 Å². The molecule has 0 saturated carbocycles. The van der Waals surface area contributed by atoms with Crippen molar-refractivity contribution in [1.82, 2.24) is 14.3 Å². The van der Waals surface area contributed by atoms with Crippen LogP contribution < -0.4 is 11.3 Å². The predicted octanol–water partition coefficient (Wildman–Crippen LogP) is 2.35. The van der Waals surface area contributed by atoms with Crippen molar-refractivity contribution in [3.63, 3.8) is 0 Å². The molecule has 0 amide bonds. The minimum atomic E-state index is -0.0996. The Bertz CT molecular complexity index is 703. The molecule has 2 aromatic heterocycles. The van der Waals surface area contributed by atoms with Gasteiger partial charge in [-0.1, -0.05) is 0 Å². The summed E-state index contributed by atoms with van der Waals surface area (Å²) in [5.74, 6) is 0. The molecule has 2 rings (SSSR count). The lowest BCUT2D eigenvalue weighted by atomic mass is 10.2. The van der Waals surface area contributed by atoms with Gasteiger partial charge in [0.2, 0.25) is 0 Å². The molecule has 0 aromatic carbocycles. The summed E-state index contributed by atoms with van der Waals surface area (Å²) < 4.78 is 4.75. The van der Waals surface area contributed by atoms with Crippen LogP contribution >= 0.6 is 31.9 Å². The third-order valence-electron chi connectivity index (χ3n) is 3.09. The zero-order valence-corrected chi connectivity index (χ0v) is 14.0. The summed E-state index contributed by atoms with van der Waals surface area (Å²) in [5, 5.41) is 4.31. The number of nitrogens with two attached hydrogens (primary N) is 1. The third kappa shape index (κ3) is 2.49. The quantitative estimate of drug-likeness (QED) is 0.857. The Balaban J connectivity index is 2.53. The largest absolute Gasteiger partial charge is 0.397 e. The van der Waals surface area contributed by atoms with Crippen molar-refractivity contribution >= 4 is 37.5 Å². The molecule has 0 radical (unpaired) electrons. The Morgan fingerprint density at radius 2 is 1.95 bits per heavy atom. The summed E-state index contributed by atoms with van der Waals surface area (Å²) in [5.41, 5.74) is 8.97. The van der Waals surface area contributed by atoms with Crippen molar-refractivity contribution in [1.29, 1.82) is 0 Å². The van der Waals surface area contributed by atoms with Crippen molar-refractivity contribution < 1.29 is 0 Å². The van der Waals surface area contributed by atoms with E-state index >= 15 is 0 Å². The molecule has 0 fully saturated rings. The van der Waals surface area contributed by atoms with Crippen LogP contribution in [0.15, 0.2) is 19.9 Å². The van der Waals surface area contributed by atoms with E-state index in [1.54, 1.807) is 15.4 Å². The smallest absolute Gasteiger partial charge is 0.265 e. The number of pyridine rings is 1. The van der Waals surface area contributed by atoms with Gasteiger partial charge in [-0.2, -0.15) is 5.10 Å². The standard InChI is InChI=1S/C12H14Br2N4O/c1-6-8(15)4-18(12(19)10(6)13)5-9-11(14)7(2)16-17(9)3/h4H,5,15H2,1-3H3. The topological polar surface area (TPSA) is 65.8 Å². The number of aryl methyl sites for hydroxylation is 2. The Kier molecular flexibility index (Phi) is 3.87. The first-order valence-corrected chi connectivity index (χ1v) is 7.24. The van der Waals surface area contributed by atoms with Gasteiger partial charge in [0.25, 0.3) is 5.56 Å². The molecule has 102 valence electrons. The van der Waals surface area contributed by atoms with Gasteiger partial charge in [0.15, 0.2) is 0 Å². The van der Waals surface area contributed by atoms with Crippen molar-refractivity contribution in [2.75, 3.05) is 5.73 Å². The monoisotopic (exact) mass is 388 g/mol. The number of nitrogens with zero attached hydrogens (tertiary/aromatic N) is 3. The lowest BCUT2D eigenvalue weighted by Crippen LogP contribution is -2.24. The van der Waals surface area contributed by atoms with Gasteiger partial charge < -0.3 is 10.3 Å². The van der Waals surface area contributed by atoms with Crippen molar-refractivity contribution in [3.05, 3.63) is 42.4 Å². The zero-order chi connectivity index (χ0) is 14.3. The fourth-order valence-corrected chi connectivity index (χ4v) is 2.79. The van der Waals surface area contributed by atoms with E-state index in [4.69, 9.17) is 5.73 Å². The number of nitrogen functional groups attached to an aromatic ring is 1. The highest BCUT2D eigenvalue weighted by atomic mass is 79.9. The molecular weight excluding hydrogens is 376 g/mol. The predicted molar refractivity (Wildman–Crippen MR) is 82.3 cm³/mol. The van der Waals surface area contributed by atoms with Crippen LogP contribution in [0.1, 0.15) is 17.0 Å². The second-order valence-electron chi connectivity index (χ2n) is 4.43. The highest BCUT2D eigenvalue weighted by Gasteiger charge is 2.14. The molecule has 5 nitrogen and oxygen atoms in total. The maximum absolute atomic E-state index is 12.2. The summed E-state index contributed by atoms with van der Waals surface area (Å²) >= 11 is 6.78. The van der Waals surface area contributed by atoms with Gasteiger partial charge in [-0.3, -0.25) is 9.48 Å². The van der Waals surface area contributed by atoms with Crippen LogP contribution in [-0.4, -0.2) is 14.3 Å². The number of hydrogen-bond acceptors (Lipinski definition) is 3. The minimum Gasteiger partial charge on any atom is -0.397 e. The van der Waals surface area contributed by atoms with Gasteiger partial charge in [-0.15, -0.1) is 0 Å². The first-order valence-electron chi connectivity index (χ1n) is 5.66. The molecule has 0 atom stereocenters. The van der Waals surface area contributed by atoms with E-state index in [9.17, 15) is 4.79 Å². The molecule has 0 aliphatic heterocycles. The molecule has 19 heavy (non-hydrogen) atoms. The number of hydrogen-bond donors (Lipinski definition) is 1. The van der Waals surface area contributed by atoms with Gasteiger partial charge in [-0.25, -0.2) is 0 Å². The molecule has 7 heteroatoms. The normalized spacial score (nSPS) is 11.0. The van der Waals surface area contributed by atoms with Gasteiger partial charge in [0.1, 0.15) is 0 Å². The first-order chi connectivity index (χ1) is 8.82. The fourth-order valence-electron chi connectivity index (χ4n) is 1.87.